The van der Waals surface area contributed by atoms with Gasteiger partial charge in [0, 0.05) is 18.7 Å². The van der Waals surface area contributed by atoms with Crippen LogP contribution in [0.5, 0.6) is 5.75 Å². The van der Waals surface area contributed by atoms with E-state index in [9.17, 15) is 0 Å². The molecule has 1 aromatic rings. The molecule has 0 spiro atoms. The molecule has 0 radical (unpaired) electrons. The summed E-state index contributed by atoms with van der Waals surface area (Å²) in [5, 5.41) is 3.39. The third kappa shape index (κ3) is 2.54. The Kier molecular flexibility index (Phi) is 3.80. The highest BCUT2D eigenvalue weighted by Gasteiger charge is 2.18. The highest BCUT2D eigenvalue weighted by molar-refractivity contribution is 5.38. The van der Waals surface area contributed by atoms with Gasteiger partial charge in [0.1, 0.15) is 5.75 Å². The first kappa shape index (κ1) is 11.4. The van der Waals surface area contributed by atoms with Crippen LogP contribution in [0, 0.1) is 6.92 Å². The van der Waals surface area contributed by atoms with Crippen LogP contribution in [0.2, 0.25) is 0 Å². The SMILES string of the molecule is COc1ccc(C)cc1C1CNCCCO1. The molecule has 0 aliphatic carbocycles. The van der Waals surface area contributed by atoms with E-state index in [1.807, 2.05) is 6.07 Å². The Labute approximate surface area is 96.8 Å². The predicted molar refractivity (Wildman–Crippen MR) is 63.9 cm³/mol. The van der Waals surface area contributed by atoms with Gasteiger partial charge in [-0.15, -0.1) is 0 Å². The average molecular weight is 221 g/mol. The minimum absolute atomic E-state index is 0.109. The highest BCUT2D eigenvalue weighted by atomic mass is 16.5. The minimum atomic E-state index is 0.109. The molecule has 1 N–H and O–H groups in total. The fourth-order valence-corrected chi connectivity index (χ4v) is 2.02. The van der Waals surface area contributed by atoms with Crippen molar-refractivity contribution in [2.24, 2.45) is 0 Å². The minimum Gasteiger partial charge on any atom is -0.496 e. The molecule has 1 unspecified atom stereocenters. The summed E-state index contributed by atoms with van der Waals surface area (Å²) in [6.45, 7) is 4.80. The maximum atomic E-state index is 5.84. The zero-order chi connectivity index (χ0) is 11.4. The standard InChI is InChI=1S/C13H19NO2/c1-10-4-5-12(15-2)11(8-10)13-9-14-6-3-7-16-13/h4-5,8,13-14H,3,6-7,9H2,1-2H3. The Bertz CT molecular complexity index is 344. The molecule has 0 bridgehead atoms. The van der Waals surface area contributed by atoms with Crippen molar-refractivity contribution in [3.8, 4) is 5.75 Å². The Morgan fingerprint density at radius 3 is 3.12 bits per heavy atom. The van der Waals surface area contributed by atoms with Gasteiger partial charge in [-0.25, -0.2) is 0 Å². The first-order valence-electron chi connectivity index (χ1n) is 5.78. The maximum absolute atomic E-state index is 5.84. The van der Waals surface area contributed by atoms with Crippen LogP contribution in [-0.2, 0) is 4.74 Å². The van der Waals surface area contributed by atoms with Gasteiger partial charge in [-0.2, -0.15) is 0 Å². The molecular formula is C13H19NO2. The van der Waals surface area contributed by atoms with E-state index in [-0.39, 0.29) is 6.10 Å². The maximum Gasteiger partial charge on any atom is 0.124 e. The molecule has 1 aliphatic rings. The van der Waals surface area contributed by atoms with Crippen LogP contribution in [0.3, 0.4) is 0 Å². The van der Waals surface area contributed by atoms with Gasteiger partial charge in [0.15, 0.2) is 0 Å². The van der Waals surface area contributed by atoms with E-state index >= 15 is 0 Å². The lowest BCUT2D eigenvalue weighted by Crippen LogP contribution is -2.20. The second-order valence-corrected chi connectivity index (χ2v) is 4.16. The lowest BCUT2D eigenvalue weighted by Gasteiger charge is -2.18. The molecule has 1 heterocycles. The largest absolute Gasteiger partial charge is 0.496 e. The number of hydrogen-bond donors (Lipinski definition) is 1. The van der Waals surface area contributed by atoms with Gasteiger partial charge in [0.05, 0.1) is 13.2 Å². The Morgan fingerprint density at radius 1 is 1.44 bits per heavy atom. The molecule has 1 aromatic carbocycles. The van der Waals surface area contributed by atoms with Crippen molar-refractivity contribution in [1.82, 2.24) is 5.32 Å². The molecule has 0 amide bonds. The number of methoxy groups -OCH3 is 1. The first-order valence-corrected chi connectivity index (χ1v) is 5.78. The van der Waals surface area contributed by atoms with E-state index in [0.717, 1.165) is 37.4 Å². The van der Waals surface area contributed by atoms with Gasteiger partial charge in [-0.1, -0.05) is 11.6 Å². The van der Waals surface area contributed by atoms with Gasteiger partial charge >= 0.3 is 0 Å². The number of rotatable bonds is 2. The number of benzene rings is 1. The molecule has 16 heavy (non-hydrogen) atoms. The second kappa shape index (κ2) is 5.32. The zero-order valence-electron chi connectivity index (χ0n) is 9.95. The van der Waals surface area contributed by atoms with Crippen molar-refractivity contribution in [3.63, 3.8) is 0 Å². The van der Waals surface area contributed by atoms with E-state index in [2.05, 4.69) is 24.4 Å². The molecule has 1 saturated heterocycles. The molecule has 1 fully saturated rings. The molecule has 1 atom stereocenters. The van der Waals surface area contributed by atoms with Crippen molar-refractivity contribution in [3.05, 3.63) is 29.3 Å². The van der Waals surface area contributed by atoms with Crippen LogP contribution in [-0.4, -0.2) is 26.8 Å². The fraction of sp³-hybridized carbons (Fsp3) is 0.538. The van der Waals surface area contributed by atoms with Crippen LogP contribution >= 0.6 is 0 Å². The van der Waals surface area contributed by atoms with Crippen LogP contribution in [0.15, 0.2) is 18.2 Å². The van der Waals surface area contributed by atoms with E-state index in [1.54, 1.807) is 7.11 Å². The third-order valence-electron chi connectivity index (χ3n) is 2.88. The lowest BCUT2D eigenvalue weighted by molar-refractivity contribution is 0.0650. The van der Waals surface area contributed by atoms with Crippen LogP contribution in [0.4, 0.5) is 0 Å². The molecule has 88 valence electrons. The summed E-state index contributed by atoms with van der Waals surface area (Å²) in [6, 6.07) is 6.22. The van der Waals surface area contributed by atoms with Gasteiger partial charge in [0.25, 0.3) is 0 Å². The monoisotopic (exact) mass is 221 g/mol. The van der Waals surface area contributed by atoms with E-state index < -0.39 is 0 Å². The fourth-order valence-electron chi connectivity index (χ4n) is 2.02. The van der Waals surface area contributed by atoms with Gasteiger partial charge in [-0.3, -0.25) is 0 Å². The summed E-state index contributed by atoms with van der Waals surface area (Å²) in [7, 11) is 1.71. The van der Waals surface area contributed by atoms with Gasteiger partial charge in [-0.05, 0) is 32.0 Å². The van der Waals surface area contributed by atoms with Crippen LogP contribution in [0.25, 0.3) is 0 Å². The van der Waals surface area contributed by atoms with E-state index in [0.29, 0.717) is 0 Å². The number of hydrogen-bond acceptors (Lipinski definition) is 3. The summed E-state index contributed by atoms with van der Waals surface area (Å²) < 4.78 is 11.2. The lowest BCUT2D eigenvalue weighted by atomic mass is 10.1. The molecule has 0 saturated carbocycles. The average Bonchev–Trinajstić information content (AvgIpc) is 2.57. The van der Waals surface area contributed by atoms with Gasteiger partial charge < -0.3 is 14.8 Å². The number of ether oxygens (including phenoxy) is 2. The van der Waals surface area contributed by atoms with E-state index in [4.69, 9.17) is 9.47 Å². The second-order valence-electron chi connectivity index (χ2n) is 4.16. The zero-order valence-corrected chi connectivity index (χ0v) is 9.95. The summed E-state index contributed by atoms with van der Waals surface area (Å²) in [4.78, 5) is 0. The molecule has 0 aromatic heterocycles. The predicted octanol–water partition coefficient (Wildman–Crippen LogP) is 2.05. The van der Waals surface area contributed by atoms with Crippen LogP contribution < -0.4 is 10.1 Å². The van der Waals surface area contributed by atoms with Crippen molar-refractivity contribution in [1.29, 1.82) is 0 Å². The smallest absolute Gasteiger partial charge is 0.124 e. The molecule has 3 nitrogen and oxygen atoms in total. The highest BCUT2D eigenvalue weighted by Crippen LogP contribution is 2.29. The van der Waals surface area contributed by atoms with E-state index in [1.165, 1.54) is 5.56 Å². The Balaban J connectivity index is 2.25. The van der Waals surface area contributed by atoms with Gasteiger partial charge in [0.2, 0.25) is 0 Å². The third-order valence-corrected chi connectivity index (χ3v) is 2.88. The molecule has 3 heteroatoms. The van der Waals surface area contributed by atoms with Crippen molar-refractivity contribution < 1.29 is 9.47 Å². The quantitative estimate of drug-likeness (QED) is 0.829. The summed E-state index contributed by atoms with van der Waals surface area (Å²) in [5.74, 6) is 0.916. The summed E-state index contributed by atoms with van der Waals surface area (Å²) in [5.41, 5.74) is 2.39. The molecule has 2 rings (SSSR count). The Hall–Kier alpha value is -1.06. The summed E-state index contributed by atoms with van der Waals surface area (Å²) >= 11 is 0. The van der Waals surface area contributed by atoms with Crippen molar-refractivity contribution in [2.75, 3.05) is 26.8 Å². The number of nitrogens with one attached hydrogen (secondary N) is 1. The van der Waals surface area contributed by atoms with Crippen molar-refractivity contribution >= 4 is 0 Å². The molecule has 1 aliphatic heterocycles. The number of aryl methyl sites for hydroxylation is 1. The normalized spacial score (nSPS) is 21.5. The Morgan fingerprint density at radius 2 is 2.31 bits per heavy atom. The first-order chi connectivity index (χ1) is 7.81. The molecular weight excluding hydrogens is 202 g/mol. The topological polar surface area (TPSA) is 30.5 Å². The summed E-state index contributed by atoms with van der Waals surface area (Å²) in [6.07, 6.45) is 1.18. The van der Waals surface area contributed by atoms with Crippen molar-refractivity contribution in [2.45, 2.75) is 19.4 Å². The van der Waals surface area contributed by atoms with Crippen LogP contribution in [0.1, 0.15) is 23.7 Å².